The molecular formula is C20H24N2OS. The molecule has 126 valence electrons. The quantitative estimate of drug-likeness (QED) is 0.884. The van der Waals surface area contributed by atoms with E-state index < -0.39 is 0 Å². The minimum Gasteiger partial charge on any atom is -0.376 e. The monoisotopic (exact) mass is 340 g/mol. The van der Waals surface area contributed by atoms with Crippen molar-refractivity contribution < 1.29 is 4.79 Å². The molecule has 0 fully saturated rings. The van der Waals surface area contributed by atoms with Gasteiger partial charge in [-0.25, -0.2) is 0 Å². The smallest absolute Gasteiger partial charge is 0.246 e. The number of hydrogen-bond donors (Lipinski definition) is 1. The molecule has 1 heterocycles. The number of carbonyl (C=O) groups is 1. The number of nitrogens with zero attached hydrogens (tertiary/aromatic N) is 1. The van der Waals surface area contributed by atoms with Crippen molar-refractivity contribution in [1.82, 2.24) is 0 Å². The van der Waals surface area contributed by atoms with Crippen LogP contribution in [0.1, 0.15) is 24.5 Å². The van der Waals surface area contributed by atoms with Crippen LogP contribution in [0.5, 0.6) is 0 Å². The average Bonchev–Trinajstić information content (AvgIpc) is 2.74. The van der Waals surface area contributed by atoms with Crippen LogP contribution in [0.25, 0.3) is 0 Å². The molecule has 1 aliphatic heterocycles. The molecule has 24 heavy (non-hydrogen) atoms. The Morgan fingerprint density at radius 1 is 1.21 bits per heavy atom. The molecule has 3 rings (SSSR count). The fourth-order valence-electron chi connectivity index (χ4n) is 2.95. The zero-order valence-electron chi connectivity index (χ0n) is 14.5. The van der Waals surface area contributed by atoms with E-state index in [-0.39, 0.29) is 5.91 Å². The number of nitrogens with one attached hydrogen (secondary N) is 1. The van der Waals surface area contributed by atoms with Crippen LogP contribution >= 0.6 is 11.8 Å². The van der Waals surface area contributed by atoms with Crippen molar-refractivity contribution in [1.29, 1.82) is 0 Å². The highest BCUT2D eigenvalue weighted by atomic mass is 32.2. The van der Waals surface area contributed by atoms with Gasteiger partial charge in [0.25, 0.3) is 0 Å². The summed E-state index contributed by atoms with van der Waals surface area (Å²) in [5.41, 5.74) is 4.51. The third-order valence-corrected chi connectivity index (χ3v) is 5.82. The third-order valence-electron chi connectivity index (χ3n) is 4.58. The average molecular weight is 340 g/mol. The molecule has 0 spiro atoms. The minimum atomic E-state index is 0.123. The van der Waals surface area contributed by atoms with Crippen LogP contribution in [0.15, 0.2) is 47.4 Å². The Bertz CT molecular complexity index is 744. The summed E-state index contributed by atoms with van der Waals surface area (Å²) in [6.45, 7) is 7.49. The van der Waals surface area contributed by atoms with Gasteiger partial charge in [0.2, 0.25) is 5.91 Å². The zero-order valence-corrected chi connectivity index (χ0v) is 15.3. The van der Waals surface area contributed by atoms with Crippen LogP contribution in [0, 0.1) is 13.8 Å². The summed E-state index contributed by atoms with van der Waals surface area (Å²) in [7, 11) is 0. The van der Waals surface area contributed by atoms with Gasteiger partial charge in [-0.1, -0.05) is 31.2 Å². The summed E-state index contributed by atoms with van der Waals surface area (Å²) in [5.74, 6) is 0.123. The molecule has 0 saturated carbocycles. The molecule has 0 saturated heterocycles. The number of benzene rings is 2. The molecule has 0 radical (unpaired) electrons. The molecule has 2 aromatic rings. The molecule has 2 aromatic carbocycles. The van der Waals surface area contributed by atoms with Crippen molar-refractivity contribution in [3.63, 3.8) is 0 Å². The van der Waals surface area contributed by atoms with E-state index in [1.807, 2.05) is 40.9 Å². The number of rotatable bonds is 3. The maximum atomic E-state index is 12.8. The lowest BCUT2D eigenvalue weighted by Gasteiger charge is -2.23. The number of hydrogen-bond acceptors (Lipinski definition) is 3. The van der Waals surface area contributed by atoms with E-state index in [1.165, 1.54) is 16.0 Å². The van der Waals surface area contributed by atoms with E-state index in [0.717, 1.165) is 24.3 Å². The highest BCUT2D eigenvalue weighted by Gasteiger charge is 2.23. The standard InChI is InChI=1S/C20H24N2OS/c1-14-7-6-8-17(16(14)3)21-13-20(23)22-12-11-15(2)24-19-10-5-4-9-18(19)22/h4-10,15,21H,11-13H2,1-3H3/t15-/m0/s1. The van der Waals surface area contributed by atoms with Gasteiger partial charge in [0.1, 0.15) is 0 Å². The van der Waals surface area contributed by atoms with Crippen LogP contribution in [0.3, 0.4) is 0 Å². The summed E-state index contributed by atoms with van der Waals surface area (Å²) in [5, 5.41) is 3.84. The third kappa shape index (κ3) is 3.59. The molecule has 1 N–H and O–H groups in total. The molecule has 1 amide bonds. The highest BCUT2D eigenvalue weighted by Crippen LogP contribution is 2.37. The first-order valence-corrected chi connectivity index (χ1v) is 9.30. The van der Waals surface area contributed by atoms with Crippen LogP contribution in [-0.4, -0.2) is 24.2 Å². The number of aryl methyl sites for hydroxylation is 1. The summed E-state index contributed by atoms with van der Waals surface area (Å²) in [6.07, 6.45) is 1.01. The van der Waals surface area contributed by atoms with Crippen molar-refractivity contribution in [2.24, 2.45) is 0 Å². The SMILES string of the molecule is Cc1cccc(NCC(=O)N2CC[C@H](C)Sc3ccccc32)c1C. The minimum absolute atomic E-state index is 0.123. The first kappa shape index (κ1) is 16.9. The Balaban J connectivity index is 1.76. The molecular weight excluding hydrogens is 316 g/mol. The Kier molecular flexibility index (Phi) is 5.14. The van der Waals surface area contributed by atoms with Crippen molar-refractivity contribution in [3.8, 4) is 0 Å². The highest BCUT2D eigenvalue weighted by molar-refractivity contribution is 8.00. The summed E-state index contributed by atoms with van der Waals surface area (Å²) < 4.78 is 0. The predicted octanol–water partition coefficient (Wildman–Crippen LogP) is 4.63. The zero-order chi connectivity index (χ0) is 17.1. The normalized spacial score (nSPS) is 17.1. The van der Waals surface area contributed by atoms with E-state index in [4.69, 9.17) is 0 Å². The van der Waals surface area contributed by atoms with Crippen molar-refractivity contribution in [2.45, 2.75) is 37.3 Å². The van der Waals surface area contributed by atoms with Gasteiger partial charge in [0, 0.05) is 22.4 Å². The van der Waals surface area contributed by atoms with Crippen molar-refractivity contribution in [3.05, 3.63) is 53.6 Å². The molecule has 0 unspecified atom stereocenters. The van der Waals surface area contributed by atoms with Gasteiger partial charge in [0.15, 0.2) is 0 Å². The number of anilines is 2. The second-order valence-corrected chi connectivity index (χ2v) is 7.81. The molecule has 1 atom stereocenters. The maximum Gasteiger partial charge on any atom is 0.246 e. The number of fused-ring (bicyclic) bond motifs is 1. The fraction of sp³-hybridized carbons (Fsp3) is 0.350. The lowest BCUT2D eigenvalue weighted by atomic mass is 10.1. The Morgan fingerprint density at radius 2 is 2.00 bits per heavy atom. The fourth-order valence-corrected chi connectivity index (χ4v) is 4.07. The topological polar surface area (TPSA) is 32.3 Å². The Labute approximate surface area is 148 Å². The van der Waals surface area contributed by atoms with Crippen molar-refractivity contribution in [2.75, 3.05) is 23.3 Å². The lowest BCUT2D eigenvalue weighted by Crippen LogP contribution is -2.36. The summed E-state index contributed by atoms with van der Waals surface area (Å²) >= 11 is 1.86. The molecule has 0 bridgehead atoms. The van der Waals surface area contributed by atoms with Gasteiger partial charge in [-0.05, 0) is 49.6 Å². The van der Waals surface area contributed by atoms with E-state index in [0.29, 0.717) is 11.8 Å². The van der Waals surface area contributed by atoms with Gasteiger partial charge >= 0.3 is 0 Å². The van der Waals surface area contributed by atoms with Gasteiger partial charge in [-0.15, -0.1) is 11.8 Å². The number of para-hydroxylation sites is 1. The predicted molar refractivity (Wildman–Crippen MR) is 103 cm³/mol. The van der Waals surface area contributed by atoms with E-state index >= 15 is 0 Å². The Hall–Kier alpha value is -1.94. The van der Waals surface area contributed by atoms with E-state index in [9.17, 15) is 4.79 Å². The summed E-state index contributed by atoms with van der Waals surface area (Å²) in [6, 6.07) is 14.4. The lowest BCUT2D eigenvalue weighted by molar-refractivity contribution is -0.117. The maximum absolute atomic E-state index is 12.8. The first-order chi connectivity index (χ1) is 11.6. The van der Waals surface area contributed by atoms with Crippen LogP contribution in [0.2, 0.25) is 0 Å². The Morgan fingerprint density at radius 3 is 2.83 bits per heavy atom. The first-order valence-electron chi connectivity index (χ1n) is 8.42. The van der Waals surface area contributed by atoms with Gasteiger partial charge in [-0.3, -0.25) is 4.79 Å². The number of carbonyl (C=O) groups excluding carboxylic acids is 1. The molecule has 1 aliphatic rings. The van der Waals surface area contributed by atoms with Crippen molar-refractivity contribution >= 4 is 29.0 Å². The summed E-state index contributed by atoms with van der Waals surface area (Å²) in [4.78, 5) is 16.0. The number of thioether (sulfide) groups is 1. The second kappa shape index (κ2) is 7.31. The van der Waals surface area contributed by atoms with E-state index in [2.05, 4.69) is 44.3 Å². The molecule has 0 aromatic heterocycles. The van der Waals surface area contributed by atoms with Gasteiger partial charge in [0.05, 0.1) is 12.2 Å². The van der Waals surface area contributed by atoms with Crippen LogP contribution < -0.4 is 10.2 Å². The molecule has 4 heteroatoms. The van der Waals surface area contributed by atoms with Gasteiger partial charge in [-0.2, -0.15) is 0 Å². The molecule has 3 nitrogen and oxygen atoms in total. The molecule has 0 aliphatic carbocycles. The van der Waals surface area contributed by atoms with Crippen LogP contribution in [-0.2, 0) is 4.79 Å². The number of amides is 1. The van der Waals surface area contributed by atoms with Crippen LogP contribution in [0.4, 0.5) is 11.4 Å². The van der Waals surface area contributed by atoms with E-state index in [1.54, 1.807) is 0 Å². The largest absolute Gasteiger partial charge is 0.376 e. The second-order valence-electron chi connectivity index (χ2n) is 6.33. The van der Waals surface area contributed by atoms with Gasteiger partial charge < -0.3 is 10.2 Å².